The molecular formula is C20H20N2O6S. The number of carbonyl (C=O) groups excluding carboxylic acids is 3. The third kappa shape index (κ3) is 4.36. The first-order chi connectivity index (χ1) is 13.7. The van der Waals surface area contributed by atoms with Gasteiger partial charge in [0.05, 0.1) is 22.6 Å². The number of hydrogen-bond donors (Lipinski definition) is 1. The maximum atomic E-state index is 12.3. The van der Waals surface area contributed by atoms with Crippen LogP contribution in [0.5, 0.6) is 0 Å². The number of hydrogen-bond acceptors (Lipinski definition) is 6. The summed E-state index contributed by atoms with van der Waals surface area (Å²) in [5, 5.41) is 0. The van der Waals surface area contributed by atoms with Crippen LogP contribution in [0.3, 0.4) is 0 Å². The Labute approximate surface area is 168 Å². The predicted molar refractivity (Wildman–Crippen MR) is 104 cm³/mol. The van der Waals surface area contributed by atoms with Crippen molar-refractivity contribution in [3.63, 3.8) is 0 Å². The van der Waals surface area contributed by atoms with Crippen molar-refractivity contribution in [1.82, 2.24) is 9.62 Å². The summed E-state index contributed by atoms with van der Waals surface area (Å²) >= 11 is 0. The van der Waals surface area contributed by atoms with Gasteiger partial charge in [-0.2, -0.15) is 4.72 Å². The zero-order valence-electron chi connectivity index (χ0n) is 16.0. The Bertz CT molecular complexity index is 1060. The molecule has 1 heterocycles. The summed E-state index contributed by atoms with van der Waals surface area (Å²) in [5.41, 5.74) is 2.39. The molecule has 152 valence electrons. The molecule has 0 bridgehead atoms. The number of benzene rings is 2. The van der Waals surface area contributed by atoms with Gasteiger partial charge in [0.25, 0.3) is 11.8 Å². The van der Waals surface area contributed by atoms with Crippen molar-refractivity contribution < 1.29 is 27.5 Å². The summed E-state index contributed by atoms with van der Waals surface area (Å²) in [5.74, 6) is -1.71. The molecule has 0 spiro atoms. The molecule has 1 aliphatic heterocycles. The lowest BCUT2D eigenvalue weighted by Crippen LogP contribution is -2.35. The summed E-state index contributed by atoms with van der Waals surface area (Å²) in [6.07, 6.45) is 0. The van der Waals surface area contributed by atoms with Crippen LogP contribution in [0.1, 0.15) is 31.8 Å². The minimum Gasteiger partial charge on any atom is -0.463 e. The van der Waals surface area contributed by atoms with E-state index < -0.39 is 34.4 Å². The molecule has 2 aromatic rings. The Morgan fingerprint density at radius 3 is 2.21 bits per heavy atom. The van der Waals surface area contributed by atoms with Crippen LogP contribution in [0.25, 0.3) is 0 Å². The fraction of sp³-hybridized carbons (Fsp3) is 0.250. The minimum absolute atomic E-state index is 0.0550. The van der Waals surface area contributed by atoms with Crippen molar-refractivity contribution >= 4 is 27.8 Å². The number of amides is 2. The topological polar surface area (TPSA) is 110 Å². The Kier molecular flexibility index (Phi) is 5.81. The molecule has 3 rings (SSSR count). The predicted octanol–water partition coefficient (Wildman–Crippen LogP) is 1.42. The molecule has 0 aliphatic carbocycles. The highest BCUT2D eigenvalue weighted by Crippen LogP contribution is 2.21. The highest BCUT2D eigenvalue weighted by atomic mass is 32.2. The molecule has 1 aliphatic rings. The zero-order chi connectivity index (χ0) is 21.2. The number of imide groups is 1. The number of nitrogens with zero attached hydrogens (tertiary/aromatic N) is 1. The number of aryl methyl sites for hydroxylation is 2. The summed E-state index contributed by atoms with van der Waals surface area (Å²) < 4.78 is 31.7. The second-order valence-corrected chi connectivity index (χ2v) is 8.37. The monoisotopic (exact) mass is 416 g/mol. The maximum Gasteiger partial charge on any atom is 0.321 e. The van der Waals surface area contributed by atoms with E-state index in [4.69, 9.17) is 4.74 Å². The van der Waals surface area contributed by atoms with Gasteiger partial charge in [0.15, 0.2) is 0 Å². The Hall–Kier alpha value is -3.04. The van der Waals surface area contributed by atoms with Gasteiger partial charge in [-0.15, -0.1) is 0 Å². The van der Waals surface area contributed by atoms with Gasteiger partial charge in [-0.05, 0) is 49.2 Å². The van der Waals surface area contributed by atoms with Crippen molar-refractivity contribution in [2.75, 3.05) is 19.7 Å². The SMILES string of the molecule is Cc1ccc(S(=O)(=O)NCC(=O)OCCN2C(=O)c3ccccc3C2=O)cc1C. The number of rotatable bonds is 7. The number of fused-ring (bicyclic) bond motifs is 1. The number of nitrogens with one attached hydrogen (secondary N) is 1. The first-order valence-electron chi connectivity index (χ1n) is 8.88. The summed E-state index contributed by atoms with van der Waals surface area (Å²) in [6.45, 7) is 2.77. The van der Waals surface area contributed by atoms with E-state index in [1.54, 1.807) is 37.3 Å². The fourth-order valence-corrected chi connectivity index (χ4v) is 3.92. The van der Waals surface area contributed by atoms with Gasteiger partial charge in [0, 0.05) is 0 Å². The Morgan fingerprint density at radius 1 is 1.00 bits per heavy atom. The van der Waals surface area contributed by atoms with Crippen LogP contribution >= 0.6 is 0 Å². The number of esters is 1. The van der Waals surface area contributed by atoms with Crippen LogP contribution in [0.15, 0.2) is 47.4 Å². The summed E-state index contributed by atoms with van der Waals surface area (Å²) in [4.78, 5) is 37.4. The molecular weight excluding hydrogens is 396 g/mol. The van der Waals surface area contributed by atoms with E-state index in [0.29, 0.717) is 11.1 Å². The van der Waals surface area contributed by atoms with Gasteiger partial charge in [-0.25, -0.2) is 8.42 Å². The van der Waals surface area contributed by atoms with E-state index in [1.807, 2.05) is 6.92 Å². The lowest BCUT2D eigenvalue weighted by Gasteiger charge is -2.14. The first kappa shape index (κ1) is 20.7. The second-order valence-electron chi connectivity index (χ2n) is 6.60. The largest absolute Gasteiger partial charge is 0.463 e. The molecule has 0 atom stereocenters. The van der Waals surface area contributed by atoms with E-state index in [1.165, 1.54) is 12.1 Å². The second kappa shape index (κ2) is 8.14. The highest BCUT2D eigenvalue weighted by molar-refractivity contribution is 7.89. The molecule has 0 saturated heterocycles. The van der Waals surface area contributed by atoms with E-state index in [9.17, 15) is 22.8 Å². The molecule has 0 fully saturated rings. The van der Waals surface area contributed by atoms with Crippen molar-refractivity contribution in [1.29, 1.82) is 0 Å². The molecule has 2 aromatic carbocycles. The Morgan fingerprint density at radius 2 is 1.62 bits per heavy atom. The van der Waals surface area contributed by atoms with Crippen LogP contribution in [-0.2, 0) is 19.6 Å². The van der Waals surface area contributed by atoms with Crippen molar-refractivity contribution in [2.45, 2.75) is 18.7 Å². The summed E-state index contributed by atoms with van der Waals surface area (Å²) in [6, 6.07) is 11.1. The first-order valence-corrected chi connectivity index (χ1v) is 10.4. The van der Waals surface area contributed by atoms with E-state index >= 15 is 0 Å². The van der Waals surface area contributed by atoms with Crippen molar-refractivity contribution in [2.24, 2.45) is 0 Å². The van der Waals surface area contributed by atoms with Crippen molar-refractivity contribution in [3.8, 4) is 0 Å². The average Bonchev–Trinajstić information content (AvgIpc) is 2.93. The van der Waals surface area contributed by atoms with Crippen LogP contribution in [-0.4, -0.2) is 50.8 Å². The number of carbonyl (C=O) groups is 3. The van der Waals surface area contributed by atoms with Crippen LogP contribution in [0.4, 0.5) is 0 Å². The van der Waals surface area contributed by atoms with E-state index in [-0.39, 0.29) is 18.0 Å². The molecule has 1 N–H and O–H groups in total. The number of ether oxygens (including phenoxy) is 1. The smallest absolute Gasteiger partial charge is 0.321 e. The van der Waals surface area contributed by atoms with Crippen LogP contribution in [0, 0.1) is 13.8 Å². The standard InChI is InChI=1S/C20H20N2O6S/c1-13-7-8-15(11-14(13)2)29(26,27)21-12-18(23)28-10-9-22-19(24)16-5-3-4-6-17(16)20(22)25/h3-8,11,21H,9-10,12H2,1-2H3. The minimum atomic E-state index is -3.86. The lowest BCUT2D eigenvalue weighted by molar-refractivity contribution is -0.142. The third-order valence-corrected chi connectivity index (χ3v) is 6.05. The molecule has 9 heteroatoms. The molecule has 0 aromatic heterocycles. The number of sulfonamides is 1. The molecule has 29 heavy (non-hydrogen) atoms. The molecule has 2 amide bonds. The van der Waals surface area contributed by atoms with Gasteiger partial charge < -0.3 is 4.74 Å². The quantitative estimate of drug-likeness (QED) is 0.540. The van der Waals surface area contributed by atoms with Gasteiger partial charge in [0.1, 0.15) is 13.2 Å². The van der Waals surface area contributed by atoms with E-state index in [2.05, 4.69) is 4.72 Å². The molecule has 8 nitrogen and oxygen atoms in total. The molecule has 0 saturated carbocycles. The Balaban J connectivity index is 1.50. The van der Waals surface area contributed by atoms with Gasteiger partial charge >= 0.3 is 5.97 Å². The van der Waals surface area contributed by atoms with Gasteiger partial charge in [-0.1, -0.05) is 18.2 Å². The van der Waals surface area contributed by atoms with Gasteiger partial charge in [0.2, 0.25) is 10.0 Å². The maximum absolute atomic E-state index is 12.3. The van der Waals surface area contributed by atoms with Crippen LogP contribution in [0.2, 0.25) is 0 Å². The third-order valence-electron chi connectivity index (χ3n) is 4.65. The molecule has 0 radical (unpaired) electrons. The molecule has 0 unspecified atom stereocenters. The fourth-order valence-electron chi connectivity index (χ4n) is 2.86. The zero-order valence-corrected chi connectivity index (χ0v) is 16.8. The average molecular weight is 416 g/mol. The van der Waals surface area contributed by atoms with Crippen LogP contribution < -0.4 is 4.72 Å². The summed E-state index contributed by atoms with van der Waals surface area (Å²) in [7, 11) is -3.86. The lowest BCUT2D eigenvalue weighted by atomic mass is 10.1. The normalized spacial score (nSPS) is 13.5. The van der Waals surface area contributed by atoms with Crippen molar-refractivity contribution in [3.05, 3.63) is 64.7 Å². The van der Waals surface area contributed by atoms with E-state index in [0.717, 1.165) is 16.0 Å². The highest BCUT2D eigenvalue weighted by Gasteiger charge is 2.34. The van der Waals surface area contributed by atoms with Gasteiger partial charge in [-0.3, -0.25) is 19.3 Å².